The SMILES string of the molecule is COc1cc(C)c([C@@H](C)NC(=O)c2ccc(C)c(S(=O)(=O)Nc3ccccc3)c2)cc1C(C)C. The van der Waals surface area contributed by atoms with Crippen LogP contribution < -0.4 is 14.8 Å². The molecule has 0 radical (unpaired) electrons. The smallest absolute Gasteiger partial charge is 0.262 e. The van der Waals surface area contributed by atoms with E-state index in [2.05, 4.69) is 30.0 Å². The molecule has 0 saturated carbocycles. The number of hydrogen-bond acceptors (Lipinski definition) is 4. The second-order valence-corrected chi connectivity index (χ2v) is 10.4. The largest absolute Gasteiger partial charge is 0.496 e. The van der Waals surface area contributed by atoms with Gasteiger partial charge in [0.2, 0.25) is 0 Å². The maximum Gasteiger partial charge on any atom is 0.262 e. The van der Waals surface area contributed by atoms with Gasteiger partial charge in [0.05, 0.1) is 18.0 Å². The van der Waals surface area contributed by atoms with Crippen molar-refractivity contribution in [1.82, 2.24) is 5.32 Å². The summed E-state index contributed by atoms with van der Waals surface area (Å²) in [6, 6.07) is 17.1. The number of aryl methyl sites for hydroxylation is 2. The second-order valence-electron chi connectivity index (χ2n) is 8.75. The van der Waals surface area contributed by atoms with Gasteiger partial charge >= 0.3 is 0 Å². The summed E-state index contributed by atoms with van der Waals surface area (Å²) in [5, 5.41) is 3.01. The first-order chi connectivity index (χ1) is 16.0. The Hall–Kier alpha value is -3.32. The summed E-state index contributed by atoms with van der Waals surface area (Å²) in [5.74, 6) is 0.748. The molecule has 0 unspecified atom stereocenters. The van der Waals surface area contributed by atoms with Crippen LogP contribution in [0.15, 0.2) is 65.6 Å². The molecule has 2 N–H and O–H groups in total. The third-order valence-electron chi connectivity index (χ3n) is 5.82. The summed E-state index contributed by atoms with van der Waals surface area (Å²) in [5.41, 5.74) is 4.36. The molecule has 0 bridgehead atoms. The Labute approximate surface area is 202 Å². The van der Waals surface area contributed by atoms with Crippen molar-refractivity contribution in [1.29, 1.82) is 0 Å². The number of methoxy groups -OCH3 is 1. The highest BCUT2D eigenvalue weighted by Gasteiger charge is 2.21. The van der Waals surface area contributed by atoms with Crippen molar-refractivity contribution in [2.24, 2.45) is 0 Å². The number of para-hydroxylation sites is 1. The maximum absolute atomic E-state index is 13.1. The van der Waals surface area contributed by atoms with Gasteiger partial charge in [-0.3, -0.25) is 9.52 Å². The number of sulfonamides is 1. The molecule has 0 aliphatic rings. The van der Waals surface area contributed by atoms with Gasteiger partial charge in [-0.15, -0.1) is 0 Å². The van der Waals surface area contributed by atoms with Crippen molar-refractivity contribution in [3.8, 4) is 5.75 Å². The van der Waals surface area contributed by atoms with Crippen LogP contribution in [0.25, 0.3) is 0 Å². The first-order valence-corrected chi connectivity index (χ1v) is 12.7. The topological polar surface area (TPSA) is 84.5 Å². The van der Waals surface area contributed by atoms with Gasteiger partial charge in [-0.1, -0.05) is 38.1 Å². The van der Waals surface area contributed by atoms with Gasteiger partial charge in [0.1, 0.15) is 5.75 Å². The maximum atomic E-state index is 13.1. The Bertz CT molecular complexity index is 1290. The van der Waals surface area contributed by atoms with E-state index in [1.807, 2.05) is 26.0 Å². The fraction of sp³-hybridized carbons (Fsp3) is 0.296. The fourth-order valence-corrected chi connectivity index (χ4v) is 5.25. The summed E-state index contributed by atoms with van der Waals surface area (Å²) in [6.45, 7) is 9.80. The summed E-state index contributed by atoms with van der Waals surface area (Å²) < 4.78 is 34.1. The van der Waals surface area contributed by atoms with Crippen LogP contribution in [0.1, 0.15) is 65.3 Å². The first kappa shape index (κ1) is 25.3. The van der Waals surface area contributed by atoms with Gasteiger partial charge in [0.15, 0.2) is 0 Å². The molecule has 0 fully saturated rings. The van der Waals surface area contributed by atoms with Crippen LogP contribution in [0.3, 0.4) is 0 Å². The number of amides is 1. The van der Waals surface area contributed by atoms with Gasteiger partial charge in [-0.25, -0.2) is 8.42 Å². The molecule has 1 atom stereocenters. The monoisotopic (exact) mass is 480 g/mol. The van der Waals surface area contributed by atoms with Crippen LogP contribution in [-0.2, 0) is 10.0 Å². The van der Waals surface area contributed by atoms with Crippen molar-refractivity contribution in [3.05, 3.63) is 88.5 Å². The lowest BCUT2D eigenvalue weighted by Gasteiger charge is -2.21. The Morgan fingerprint density at radius 1 is 0.882 bits per heavy atom. The zero-order valence-electron chi connectivity index (χ0n) is 20.5. The van der Waals surface area contributed by atoms with E-state index in [0.29, 0.717) is 11.3 Å². The average molecular weight is 481 g/mol. The van der Waals surface area contributed by atoms with E-state index in [-0.39, 0.29) is 28.3 Å². The Kier molecular flexibility index (Phi) is 7.67. The highest BCUT2D eigenvalue weighted by atomic mass is 32.2. The van der Waals surface area contributed by atoms with Crippen molar-refractivity contribution in [2.45, 2.75) is 51.5 Å². The molecule has 0 aliphatic carbocycles. The van der Waals surface area contributed by atoms with E-state index < -0.39 is 10.0 Å². The number of carbonyl (C=O) groups is 1. The second kappa shape index (κ2) is 10.3. The number of hydrogen-bond donors (Lipinski definition) is 2. The van der Waals surface area contributed by atoms with Crippen molar-refractivity contribution < 1.29 is 17.9 Å². The molecule has 0 aliphatic heterocycles. The quantitative estimate of drug-likeness (QED) is 0.431. The van der Waals surface area contributed by atoms with Gasteiger partial charge in [0, 0.05) is 11.3 Å². The summed E-state index contributed by atoms with van der Waals surface area (Å²) >= 11 is 0. The van der Waals surface area contributed by atoms with Gasteiger partial charge in [-0.2, -0.15) is 0 Å². The lowest BCUT2D eigenvalue weighted by atomic mass is 9.93. The average Bonchev–Trinajstić information content (AvgIpc) is 2.78. The van der Waals surface area contributed by atoms with E-state index >= 15 is 0 Å². The Morgan fingerprint density at radius 2 is 1.56 bits per heavy atom. The predicted octanol–water partition coefficient (Wildman–Crippen LogP) is 5.73. The van der Waals surface area contributed by atoms with E-state index in [4.69, 9.17) is 4.74 Å². The van der Waals surface area contributed by atoms with Crippen LogP contribution in [0.2, 0.25) is 0 Å². The lowest BCUT2D eigenvalue weighted by molar-refractivity contribution is 0.0939. The number of benzene rings is 3. The number of carbonyl (C=O) groups excluding carboxylic acids is 1. The van der Waals surface area contributed by atoms with Crippen LogP contribution in [0.4, 0.5) is 5.69 Å². The van der Waals surface area contributed by atoms with E-state index in [1.165, 1.54) is 6.07 Å². The fourth-order valence-electron chi connectivity index (χ4n) is 3.92. The molecule has 0 heterocycles. The molecule has 0 spiro atoms. The summed E-state index contributed by atoms with van der Waals surface area (Å²) in [7, 11) is -2.20. The highest BCUT2D eigenvalue weighted by Crippen LogP contribution is 2.32. The Morgan fingerprint density at radius 3 is 2.18 bits per heavy atom. The zero-order valence-corrected chi connectivity index (χ0v) is 21.3. The minimum Gasteiger partial charge on any atom is -0.496 e. The molecule has 3 aromatic rings. The molecule has 3 rings (SSSR count). The molecular weight excluding hydrogens is 448 g/mol. The molecule has 0 aromatic heterocycles. The third-order valence-corrected chi connectivity index (χ3v) is 7.34. The van der Waals surface area contributed by atoms with Crippen LogP contribution in [0.5, 0.6) is 5.75 Å². The van der Waals surface area contributed by atoms with E-state index in [1.54, 1.807) is 50.4 Å². The normalized spacial score (nSPS) is 12.3. The molecule has 3 aromatic carbocycles. The molecule has 7 heteroatoms. The number of anilines is 1. The summed E-state index contributed by atoms with van der Waals surface area (Å²) in [6.07, 6.45) is 0. The van der Waals surface area contributed by atoms with Crippen LogP contribution in [-0.4, -0.2) is 21.4 Å². The van der Waals surface area contributed by atoms with Gasteiger partial charge < -0.3 is 10.1 Å². The molecule has 180 valence electrons. The van der Waals surface area contributed by atoms with E-state index in [0.717, 1.165) is 22.4 Å². The first-order valence-electron chi connectivity index (χ1n) is 11.2. The van der Waals surface area contributed by atoms with Crippen molar-refractivity contribution in [2.75, 3.05) is 11.8 Å². The van der Waals surface area contributed by atoms with Crippen LogP contribution in [0, 0.1) is 13.8 Å². The Balaban J connectivity index is 1.87. The van der Waals surface area contributed by atoms with Crippen LogP contribution >= 0.6 is 0 Å². The molecule has 6 nitrogen and oxygen atoms in total. The number of rotatable bonds is 8. The minimum absolute atomic E-state index is 0.0689. The standard InChI is InChI=1S/C27H32N2O4S/c1-17(2)23-16-24(19(4)14-25(23)33-6)20(5)28-27(30)21-13-12-18(3)26(15-21)34(31,32)29-22-10-8-7-9-11-22/h7-17,20,29H,1-6H3,(H,28,30)/t20-/m1/s1. The zero-order chi connectivity index (χ0) is 25.0. The molecular formula is C27H32N2O4S. The molecule has 1 amide bonds. The molecule has 34 heavy (non-hydrogen) atoms. The minimum atomic E-state index is -3.85. The van der Waals surface area contributed by atoms with Gasteiger partial charge in [0.25, 0.3) is 15.9 Å². The predicted molar refractivity (Wildman–Crippen MR) is 136 cm³/mol. The van der Waals surface area contributed by atoms with Crippen molar-refractivity contribution in [3.63, 3.8) is 0 Å². The molecule has 0 saturated heterocycles. The van der Waals surface area contributed by atoms with Crippen molar-refractivity contribution >= 4 is 21.6 Å². The lowest BCUT2D eigenvalue weighted by Crippen LogP contribution is -2.27. The highest BCUT2D eigenvalue weighted by molar-refractivity contribution is 7.92. The third kappa shape index (κ3) is 5.59. The number of nitrogens with one attached hydrogen (secondary N) is 2. The summed E-state index contributed by atoms with van der Waals surface area (Å²) in [4.78, 5) is 13.1. The van der Waals surface area contributed by atoms with E-state index in [9.17, 15) is 13.2 Å². The van der Waals surface area contributed by atoms with Gasteiger partial charge in [-0.05, 0) is 85.3 Å². The number of ether oxygens (including phenoxy) is 1.